The lowest BCUT2D eigenvalue weighted by atomic mass is 9.97. The van der Waals surface area contributed by atoms with Gasteiger partial charge in [0.2, 0.25) is 0 Å². The second-order valence-electron chi connectivity index (χ2n) is 3.39. The van der Waals surface area contributed by atoms with Crippen molar-refractivity contribution in [1.29, 1.82) is 0 Å². The first kappa shape index (κ1) is 12.3. The molecule has 0 aromatic heterocycles. The van der Waals surface area contributed by atoms with E-state index in [2.05, 4.69) is 0 Å². The van der Waals surface area contributed by atoms with Crippen LogP contribution in [-0.4, -0.2) is 58.5 Å². The fourth-order valence-corrected chi connectivity index (χ4v) is 1.44. The van der Waals surface area contributed by atoms with E-state index in [4.69, 9.17) is 20.3 Å². The molecule has 1 rings (SSSR count). The smallest absolute Gasteiger partial charge is 0.303 e. The van der Waals surface area contributed by atoms with Gasteiger partial charge in [0.15, 0.2) is 12.4 Å². The van der Waals surface area contributed by atoms with Crippen molar-refractivity contribution < 1.29 is 29.6 Å². The molecular formula is C8H15NO6. The molecule has 88 valence electrons. The number of hydrogen-bond donors (Lipinski definition) is 4. The van der Waals surface area contributed by atoms with Crippen LogP contribution in [0.4, 0.5) is 0 Å². The number of rotatable bonds is 2. The Kier molecular flexibility index (Phi) is 4.00. The van der Waals surface area contributed by atoms with Crippen LogP contribution in [0.15, 0.2) is 0 Å². The normalized spacial score (nSPS) is 41.3. The lowest BCUT2D eigenvalue weighted by molar-refractivity contribution is -0.254. The Labute approximate surface area is 86.4 Å². The third kappa shape index (κ3) is 2.64. The minimum atomic E-state index is -1.39. The van der Waals surface area contributed by atoms with E-state index in [1.54, 1.807) is 0 Å². The summed E-state index contributed by atoms with van der Waals surface area (Å²) in [5.41, 5.74) is 5.41. The summed E-state index contributed by atoms with van der Waals surface area (Å²) >= 11 is 0. The van der Waals surface area contributed by atoms with Crippen molar-refractivity contribution >= 4 is 5.97 Å². The Morgan fingerprint density at radius 3 is 2.60 bits per heavy atom. The molecule has 0 saturated carbocycles. The summed E-state index contributed by atoms with van der Waals surface area (Å²) in [5.74, 6) is -0.621. The molecule has 1 unspecified atom stereocenters. The molecule has 0 amide bonds. The van der Waals surface area contributed by atoms with E-state index in [0.29, 0.717) is 0 Å². The highest BCUT2D eigenvalue weighted by molar-refractivity contribution is 5.66. The van der Waals surface area contributed by atoms with E-state index in [0.717, 1.165) is 6.92 Å². The molecule has 0 spiro atoms. The molecule has 0 aromatic rings. The molecule has 1 aliphatic rings. The van der Waals surface area contributed by atoms with Gasteiger partial charge in [0, 0.05) is 6.92 Å². The van der Waals surface area contributed by atoms with Crippen molar-refractivity contribution in [1.82, 2.24) is 0 Å². The van der Waals surface area contributed by atoms with Gasteiger partial charge in [-0.1, -0.05) is 0 Å². The second-order valence-corrected chi connectivity index (χ2v) is 3.39. The maximum absolute atomic E-state index is 10.7. The lowest BCUT2D eigenvalue weighted by Gasteiger charge is -2.39. The van der Waals surface area contributed by atoms with Crippen molar-refractivity contribution in [2.45, 2.75) is 37.6 Å². The molecule has 0 bridgehead atoms. The molecule has 7 nitrogen and oxygen atoms in total. The first-order chi connectivity index (χ1) is 6.97. The molecule has 15 heavy (non-hydrogen) atoms. The van der Waals surface area contributed by atoms with Crippen LogP contribution in [0.1, 0.15) is 6.92 Å². The fraction of sp³-hybridized carbons (Fsp3) is 0.875. The van der Waals surface area contributed by atoms with Gasteiger partial charge in [-0.15, -0.1) is 0 Å². The molecule has 1 saturated heterocycles. The molecular weight excluding hydrogens is 206 g/mol. The molecule has 1 heterocycles. The van der Waals surface area contributed by atoms with Crippen LogP contribution in [0.2, 0.25) is 0 Å². The summed E-state index contributed by atoms with van der Waals surface area (Å²) in [7, 11) is 0. The zero-order chi connectivity index (χ0) is 11.6. The van der Waals surface area contributed by atoms with Crippen LogP contribution < -0.4 is 5.73 Å². The van der Waals surface area contributed by atoms with Gasteiger partial charge in [-0.25, -0.2) is 0 Å². The van der Waals surface area contributed by atoms with Crippen LogP contribution in [0.25, 0.3) is 0 Å². The van der Waals surface area contributed by atoms with Crippen molar-refractivity contribution in [3.63, 3.8) is 0 Å². The summed E-state index contributed by atoms with van der Waals surface area (Å²) in [6.45, 7) is 0.677. The standard InChI is InChI=1S/C8H15NO6/c1-3(11)14-7-4(2-10)15-8(13)5(9)6(7)12/h4-8,10,12-13H,2,9H2,1H3/t4-,5-,6-,7-,8?/m1/s1. The van der Waals surface area contributed by atoms with Crippen molar-refractivity contribution in [3.05, 3.63) is 0 Å². The molecule has 5 N–H and O–H groups in total. The highest BCUT2D eigenvalue weighted by atomic mass is 16.6. The average molecular weight is 221 g/mol. The number of aliphatic hydroxyl groups excluding tert-OH is 3. The second kappa shape index (κ2) is 4.86. The summed E-state index contributed by atoms with van der Waals surface area (Å²) in [4.78, 5) is 10.7. The maximum atomic E-state index is 10.7. The molecule has 0 aliphatic carbocycles. The third-order valence-electron chi connectivity index (χ3n) is 2.22. The van der Waals surface area contributed by atoms with Gasteiger partial charge in [-0.3, -0.25) is 4.79 Å². The van der Waals surface area contributed by atoms with Crippen LogP contribution in [0, 0.1) is 0 Å². The van der Waals surface area contributed by atoms with Crippen molar-refractivity contribution in [2.24, 2.45) is 5.73 Å². The summed E-state index contributed by atoms with van der Waals surface area (Å²) in [5, 5.41) is 27.8. The number of aliphatic hydroxyl groups is 3. The summed E-state index contributed by atoms with van der Waals surface area (Å²) in [6.07, 6.45) is -4.69. The van der Waals surface area contributed by atoms with Crippen LogP contribution in [-0.2, 0) is 14.3 Å². The van der Waals surface area contributed by atoms with Gasteiger partial charge in [-0.2, -0.15) is 0 Å². The first-order valence-corrected chi connectivity index (χ1v) is 4.52. The summed E-state index contributed by atoms with van der Waals surface area (Å²) in [6, 6.07) is -1.07. The quantitative estimate of drug-likeness (QED) is 0.375. The van der Waals surface area contributed by atoms with E-state index in [1.807, 2.05) is 0 Å². The van der Waals surface area contributed by atoms with Crippen LogP contribution in [0.3, 0.4) is 0 Å². The maximum Gasteiger partial charge on any atom is 0.303 e. The highest BCUT2D eigenvalue weighted by Gasteiger charge is 2.44. The molecule has 0 radical (unpaired) electrons. The minimum absolute atomic E-state index is 0.487. The Morgan fingerprint density at radius 2 is 2.13 bits per heavy atom. The zero-order valence-electron chi connectivity index (χ0n) is 8.24. The van der Waals surface area contributed by atoms with E-state index >= 15 is 0 Å². The Hall–Kier alpha value is -0.730. The van der Waals surface area contributed by atoms with Gasteiger partial charge in [0.05, 0.1) is 12.6 Å². The van der Waals surface area contributed by atoms with Gasteiger partial charge in [-0.05, 0) is 0 Å². The highest BCUT2D eigenvalue weighted by Crippen LogP contribution is 2.21. The minimum Gasteiger partial charge on any atom is -0.457 e. The predicted molar refractivity (Wildman–Crippen MR) is 47.5 cm³/mol. The van der Waals surface area contributed by atoms with Crippen molar-refractivity contribution in [3.8, 4) is 0 Å². The average Bonchev–Trinajstić information content (AvgIpc) is 2.18. The predicted octanol–water partition coefficient (Wildman–Crippen LogP) is -2.68. The lowest BCUT2D eigenvalue weighted by Crippen LogP contribution is -2.62. The fourth-order valence-electron chi connectivity index (χ4n) is 1.44. The number of carbonyl (C=O) groups excluding carboxylic acids is 1. The third-order valence-corrected chi connectivity index (χ3v) is 2.22. The SMILES string of the molecule is CC(=O)O[C@H]1[C@H](O)[C@@H](N)C(O)O[C@@H]1CO. The van der Waals surface area contributed by atoms with E-state index in [9.17, 15) is 15.0 Å². The number of ether oxygens (including phenoxy) is 2. The Balaban J connectivity index is 2.75. The Morgan fingerprint density at radius 1 is 1.53 bits per heavy atom. The van der Waals surface area contributed by atoms with Gasteiger partial charge in [0.25, 0.3) is 0 Å². The van der Waals surface area contributed by atoms with Crippen LogP contribution in [0.5, 0.6) is 0 Å². The molecule has 1 aliphatic heterocycles. The number of hydrogen-bond acceptors (Lipinski definition) is 7. The van der Waals surface area contributed by atoms with E-state index in [1.165, 1.54) is 0 Å². The van der Waals surface area contributed by atoms with Gasteiger partial charge >= 0.3 is 5.97 Å². The zero-order valence-corrected chi connectivity index (χ0v) is 8.24. The number of esters is 1. The Bertz CT molecular complexity index is 233. The van der Waals surface area contributed by atoms with Gasteiger partial charge in [0.1, 0.15) is 12.2 Å². The largest absolute Gasteiger partial charge is 0.457 e. The summed E-state index contributed by atoms with van der Waals surface area (Å²) < 4.78 is 9.64. The van der Waals surface area contributed by atoms with E-state index < -0.39 is 43.2 Å². The topological polar surface area (TPSA) is 122 Å². The van der Waals surface area contributed by atoms with Gasteiger partial charge < -0.3 is 30.5 Å². The van der Waals surface area contributed by atoms with Crippen molar-refractivity contribution in [2.75, 3.05) is 6.61 Å². The first-order valence-electron chi connectivity index (χ1n) is 4.52. The van der Waals surface area contributed by atoms with E-state index in [-0.39, 0.29) is 0 Å². The molecule has 1 fully saturated rings. The molecule has 0 aromatic carbocycles. The molecule has 5 atom stereocenters. The monoisotopic (exact) mass is 221 g/mol. The van der Waals surface area contributed by atoms with Crippen LogP contribution >= 0.6 is 0 Å². The number of nitrogens with two attached hydrogens (primary N) is 1. The number of carbonyl (C=O) groups is 1. The molecule has 7 heteroatoms.